The zero-order chi connectivity index (χ0) is 25.8. The standard InChI is InChI=1S/C28H56NO4P/c1-5-6-7-8-9-10-11-12-13-14-15-16-17-18-19-20-21-22-23-24-25-26-28(30,34(31,32)33)27-29(2,3)4/h12-13,18-19,30H,5-11,14-17,20-27H2,1-4H3,(H-,31,32,33)/p+1/b13-12-,19-18-. The van der Waals surface area contributed by atoms with Crippen molar-refractivity contribution in [2.45, 2.75) is 128 Å². The van der Waals surface area contributed by atoms with Crippen LogP contribution in [0.5, 0.6) is 0 Å². The highest BCUT2D eigenvalue weighted by atomic mass is 31.2. The molecule has 0 aliphatic heterocycles. The van der Waals surface area contributed by atoms with Gasteiger partial charge in [0.1, 0.15) is 6.54 Å². The second kappa shape index (κ2) is 19.7. The van der Waals surface area contributed by atoms with Crippen LogP contribution in [-0.4, -0.2) is 52.4 Å². The topological polar surface area (TPSA) is 77.8 Å². The smallest absolute Gasteiger partial charge is 0.362 e. The maximum atomic E-state index is 11.8. The number of aliphatic hydroxyl groups is 1. The van der Waals surface area contributed by atoms with E-state index in [1.165, 1.54) is 70.6 Å². The van der Waals surface area contributed by atoms with E-state index >= 15 is 0 Å². The van der Waals surface area contributed by atoms with Crippen LogP contribution in [0.3, 0.4) is 0 Å². The van der Waals surface area contributed by atoms with Crippen molar-refractivity contribution in [2.24, 2.45) is 0 Å². The Morgan fingerprint density at radius 2 is 1.00 bits per heavy atom. The lowest BCUT2D eigenvalue weighted by Crippen LogP contribution is -2.49. The quantitative estimate of drug-likeness (QED) is 0.0578. The first kappa shape index (κ1) is 33.5. The Hall–Kier alpha value is -0.450. The van der Waals surface area contributed by atoms with Gasteiger partial charge in [-0.3, -0.25) is 4.57 Å². The van der Waals surface area contributed by atoms with Crippen molar-refractivity contribution >= 4 is 7.60 Å². The molecule has 0 amide bonds. The van der Waals surface area contributed by atoms with E-state index in [9.17, 15) is 19.5 Å². The average molecular weight is 503 g/mol. The Balaban J connectivity index is 3.63. The zero-order valence-electron chi connectivity index (χ0n) is 22.9. The van der Waals surface area contributed by atoms with Gasteiger partial charge in [0.25, 0.3) is 0 Å². The molecule has 0 fully saturated rings. The van der Waals surface area contributed by atoms with Crippen LogP contribution >= 0.6 is 7.60 Å². The third-order valence-electron chi connectivity index (χ3n) is 6.27. The van der Waals surface area contributed by atoms with E-state index < -0.39 is 12.9 Å². The minimum Gasteiger partial charge on any atom is -0.373 e. The van der Waals surface area contributed by atoms with E-state index in [1.54, 1.807) is 0 Å². The fraction of sp³-hybridized carbons (Fsp3) is 0.857. The fourth-order valence-corrected chi connectivity index (χ4v) is 5.37. The van der Waals surface area contributed by atoms with Gasteiger partial charge in [0.15, 0.2) is 0 Å². The number of allylic oxidation sites excluding steroid dienone is 4. The molecule has 0 saturated heterocycles. The van der Waals surface area contributed by atoms with Crippen LogP contribution in [0.4, 0.5) is 0 Å². The molecule has 0 radical (unpaired) electrons. The summed E-state index contributed by atoms with van der Waals surface area (Å²) in [6.07, 6.45) is 29.8. The number of quaternary nitrogens is 1. The lowest BCUT2D eigenvalue weighted by atomic mass is 10.1. The van der Waals surface area contributed by atoms with Crippen LogP contribution in [0.25, 0.3) is 0 Å². The van der Waals surface area contributed by atoms with Crippen molar-refractivity contribution in [3.8, 4) is 0 Å². The van der Waals surface area contributed by atoms with E-state index in [0.717, 1.165) is 32.1 Å². The minimum atomic E-state index is -4.55. The average Bonchev–Trinajstić information content (AvgIpc) is 2.73. The third kappa shape index (κ3) is 19.8. The molecule has 202 valence electrons. The molecule has 0 aromatic carbocycles. The second-order valence-corrected chi connectivity index (χ2v) is 13.0. The first-order chi connectivity index (χ1) is 16.0. The number of hydrogen-bond acceptors (Lipinski definition) is 2. The summed E-state index contributed by atoms with van der Waals surface area (Å²) >= 11 is 0. The normalized spacial score (nSPS) is 14.9. The van der Waals surface area contributed by atoms with Crippen LogP contribution < -0.4 is 0 Å². The molecule has 1 unspecified atom stereocenters. The monoisotopic (exact) mass is 502 g/mol. The predicted molar refractivity (Wildman–Crippen MR) is 147 cm³/mol. The van der Waals surface area contributed by atoms with Gasteiger partial charge < -0.3 is 19.4 Å². The maximum Gasteiger partial charge on any atom is 0.362 e. The first-order valence-corrected chi connectivity index (χ1v) is 15.5. The molecule has 0 aliphatic rings. The number of likely N-dealkylation sites (N-methyl/N-ethyl adjacent to an activating group) is 1. The molecule has 3 N–H and O–H groups in total. The summed E-state index contributed by atoms with van der Waals surface area (Å²) in [4.78, 5) is 19.2. The molecule has 0 rings (SSSR count). The van der Waals surface area contributed by atoms with Gasteiger partial charge in [-0.15, -0.1) is 0 Å². The Labute approximate surface area is 211 Å². The van der Waals surface area contributed by atoms with E-state index in [2.05, 4.69) is 31.2 Å². The Bertz CT molecular complexity index is 579. The number of nitrogens with zero attached hydrogens (tertiary/aromatic N) is 1. The van der Waals surface area contributed by atoms with Crippen LogP contribution in [0.2, 0.25) is 0 Å². The van der Waals surface area contributed by atoms with Crippen LogP contribution in [0, 0.1) is 0 Å². The van der Waals surface area contributed by atoms with Crippen molar-refractivity contribution in [3.05, 3.63) is 24.3 Å². The summed E-state index contributed by atoms with van der Waals surface area (Å²) in [7, 11) is 0.957. The molecule has 6 heteroatoms. The Kier molecular flexibility index (Phi) is 19.4. The molecule has 0 aromatic heterocycles. The summed E-state index contributed by atoms with van der Waals surface area (Å²) < 4.78 is 12.1. The van der Waals surface area contributed by atoms with Crippen molar-refractivity contribution in [1.29, 1.82) is 0 Å². The molecule has 0 heterocycles. The van der Waals surface area contributed by atoms with Gasteiger partial charge >= 0.3 is 7.60 Å². The molecule has 0 saturated carbocycles. The van der Waals surface area contributed by atoms with Gasteiger partial charge in [-0.1, -0.05) is 82.6 Å². The predicted octanol–water partition coefficient (Wildman–Crippen LogP) is 7.71. The van der Waals surface area contributed by atoms with Gasteiger partial charge in [-0.05, 0) is 64.2 Å². The highest BCUT2D eigenvalue weighted by Gasteiger charge is 2.48. The first-order valence-electron chi connectivity index (χ1n) is 13.9. The molecule has 0 spiro atoms. The highest BCUT2D eigenvalue weighted by Crippen LogP contribution is 2.52. The largest absolute Gasteiger partial charge is 0.373 e. The van der Waals surface area contributed by atoms with Gasteiger partial charge in [0, 0.05) is 0 Å². The number of hydrogen-bond donors (Lipinski definition) is 3. The highest BCUT2D eigenvalue weighted by molar-refractivity contribution is 7.53. The molecule has 0 aromatic rings. The molecule has 0 bridgehead atoms. The van der Waals surface area contributed by atoms with Crippen LogP contribution in [-0.2, 0) is 4.57 Å². The second-order valence-electron chi connectivity index (χ2n) is 11.1. The fourth-order valence-electron chi connectivity index (χ4n) is 4.32. The van der Waals surface area contributed by atoms with Gasteiger partial charge in [-0.2, -0.15) is 0 Å². The lowest BCUT2D eigenvalue weighted by Gasteiger charge is -2.35. The van der Waals surface area contributed by atoms with Crippen LogP contribution in [0.1, 0.15) is 122 Å². The summed E-state index contributed by atoms with van der Waals surface area (Å²) in [5.74, 6) is 0. The molecular formula is C28H57NO4P+. The van der Waals surface area contributed by atoms with E-state index in [4.69, 9.17) is 0 Å². The Morgan fingerprint density at radius 3 is 1.38 bits per heavy atom. The maximum absolute atomic E-state index is 11.8. The molecule has 0 aliphatic carbocycles. The number of unbranched alkanes of at least 4 members (excludes halogenated alkanes) is 14. The Morgan fingerprint density at radius 1 is 0.647 bits per heavy atom. The van der Waals surface area contributed by atoms with Gasteiger partial charge in [-0.25, -0.2) is 0 Å². The third-order valence-corrected chi connectivity index (χ3v) is 7.72. The summed E-state index contributed by atoms with van der Waals surface area (Å²) in [5.41, 5.74) is 0. The van der Waals surface area contributed by atoms with Crippen molar-refractivity contribution in [1.82, 2.24) is 0 Å². The molecule has 1 atom stereocenters. The zero-order valence-corrected chi connectivity index (χ0v) is 23.8. The summed E-state index contributed by atoms with van der Waals surface area (Å²) in [6, 6.07) is 0. The SMILES string of the molecule is CCCCCCCC/C=C\CCCC/C=C\CCCCCCCC(O)(C[N+](C)(C)C)P(=O)(O)O. The van der Waals surface area contributed by atoms with Crippen molar-refractivity contribution < 1.29 is 23.9 Å². The van der Waals surface area contributed by atoms with Gasteiger partial charge in [0.05, 0.1) is 21.1 Å². The van der Waals surface area contributed by atoms with Crippen LogP contribution in [0.15, 0.2) is 24.3 Å². The van der Waals surface area contributed by atoms with Crippen molar-refractivity contribution in [2.75, 3.05) is 27.7 Å². The molecule has 5 nitrogen and oxygen atoms in total. The lowest BCUT2D eigenvalue weighted by molar-refractivity contribution is -0.875. The molecular weight excluding hydrogens is 445 g/mol. The van der Waals surface area contributed by atoms with E-state index in [1.807, 2.05) is 21.1 Å². The molecule has 34 heavy (non-hydrogen) atoms. The van der Waals surface area contributed by atoms with Gasteiger partial charge in [0.2, 0.25) is 5.34 Å². The van der Waals surface area contributed by atoms with Crippen molar-refractivity contribution in [3.63, 3.8) is 0 Å². The minimum absolute atomic E-state index is 0.0531. The van der Waals surface area contributed by atoms with E-state index in [-0.39, 0.29) is 13.0 Å². The van der Waals surface area contributed by atoms with E-state index in [0.29, 0.717) is 10.9 Å². The summed E-state index contributed by atoms with van der Waals surface area (Å²) in [5, 5.41) is 8.63. The number of rotatable bonds is 23. The summed E-state index contributed by atoms with van der Waals surface area (Å²) in [6.45, 7) is 2.32.